The lowest BCUT2D eigenvalue weighted by Gasteiger charge is -2.23. The van der Waals surface area contributed by atoms with Gasteiger partial charge in [0, 0.05) is 0 Å². The first-order valence-electron chi connectivity index (χ1n) is 6.34. The highest BCUT2D eigenvalue weighted by atomic mass is 19.1. The average Bonchev–Trinajstić information content (AvgIpc) is 2.80. The number of rotatable bonds is 1. The Balaban J connectivity index is 1.99. The van der Waals surface area contributed by atoms with Crippen molar-refractivity contribution in [2.24, 2.45) is 0 Å². The number of hydrogen-bond donors (Lipinski definition) is 1. The summed E-state index contributed by atoms with van der Waals surface area (Å²) >= 11 is 0. The van der Waals surface area contributed by atoms with Gasteiger partial charge in [0.05, 0.1) is 12.3 Å². The van der Waals surface area contributed by atoms with E-state index >= 15 is 0 Å². The van der Waals surface area contributed by atoms with E-state index < -0.39 is 35.4 Å². The Bertz CT molecular complexity index is 603. The van der Waals surface area contributed by atoms with Crippen molar-refractivity contribution in [3.63, 3.8) is 0 Å². The summed E-state index contributed by atoms with van der Waals surface area (Å²) in [5, 5.41) is 0. The summed E-state index contributed by atoms with van der Waals surface area (Å²) in [6.07, 6.45) is -0.893. The number of nitrogens with two attached hydrogens (primary N) is 1. The Hall–Kier alpha value is -1.51. The van der Waals surface area contributed by atoms with Crippen molar-refractivity contribution >= 4 is 5.82 Å². The average molecular weight is 288 g/mol. The molecule has 0 amide bonds. The van der Waals surface area contributed by atoms with Gasteiger partial charge in [0.15, 0.2) is 23.7 Å². The Kier molecular flexibility index (Phi) is 2.86. The molecule has 0 aliphatic carbocycles. The number of halogens is 1. The molecule has 0 bridgehead atoms. The molecule has 2 saturated heterocycles. The van der Waals surface area contributed by atoms with Gasteiger partial charge in [0.25, 0.3) is 0 Å². The maximum Gasteiger partial charge on any atom is 0.351 e. The third-order valence-electron chi connectivity index (χ3n) is 3.47. The minimum absolute atomic E-state index is 0.278. The second-order valence-electron chi connectivity index (χ2n) is 5.46. The molecule has 2 N–H and O–H groups in total. The number of ether oxygens (including phenoxy) is 3. The second-order valence-corrected chi connectivity index (χ2v) is 5.46. The van der Waals surface area contributed by atoms with Gasteiger partial charge >= 0.3 is 5.69 Å². The highest BCUT2D eigenvalue weighted by molar-refractivity contribution is 5.26. The predicted molar refractivity (Wildman–Crippen MR) is 66.3 cm³/mol. The molecule has 3 rings (SSSR count). The minimum Gasteiger partial charge on any atom is -0.381 e. The largest absolute Gasteiger partial charge is 0.381 e. The van der Waals surface area contributed by atoms with E-state index in [0.29, 0.717) is 0 Å². The van der Waals surface area contributed by atoms with Gasteiger partial charge < -0.3 is 19.9 Å². The highest BCUT2D eigenvalue weighted by Gasteiger charge is 2.54. The van der Waals surface area contributed by atoms with E-state index in [1.165, 1.54) is 0 Å². The third kappa shape index (κ3) is 2.00. The number of nitrogens with zero attached hydrogens (tertiary/aromatic N) is 2. The number of hydrogen-bond acceptors (Lipinski definition) is 6. The summed E-state index contributed by atoms with van der Waals surface area (Å²) in [6.45, 7) is 5.37. The normalized spacial score (nSPS) is 35.2. The summed E-state index contributed by atoms with van der Waals surface area (Å²) in [5.74, 6) is -1.98. The van der Waals surface area contributed by atoms with Gasteiger partial charge in [-0.05, 0) is 20.8 Å². The van der Waals surface area contributed by atoms with E-state index in [1.54, 1.807) is 13.8 Å². The smallest absolute Gasteiger partial charge is 0.351 e. The molecule has 2 fully saturated rings. The van der Waals surface area contributed by atoms with Crippen LogP contribution in [0.5, 0.6) is 0 Å². The van der Waals surface area contributed by atoms with Crippen LogP contribution in [0.3, 0.4) is 0 Å². The zero-order valence-corrected chi connectivity index (χ0v) is 11.4. The summed E-state index contributed by atoms with van der Waals surface area (Å²) in [7, 11) is 0. The molecular weight excluding hydrogens is 272 g/mol. The van der Waals surface area contributed by atoms with E-state index in [-0.39, 0.29) is 12.2 Å². The van der Waals surface area contributed by atoms with Crippen LogP contribution in [-0.2, 0) is 14.2 Å². The van der Waals surface area contributed by atoms with Gasteiger partial charge in [0.2, 0.25) is 0 Å². The minimum atomic E-state index is -0.785. The molecule has 7 nitrogen and oxygen atoms in total. The lowest BCUT2D eigenvalue weighted by atomic mass is 10.1. The maximum absolute atomic E-state index is 13.5. The molecule has 0 spiro atoms. The van der Waals surface area contributed by atoms with Crippen LogP contribution in [0, 0.1) is 5.82 Å². The molecular formula is C12H16FN3O4. The number of nitrogen functional groups attached to an aromatic ring is 1. The topological polar surface area (TPSA) is 88.6 Å². The molecule has 0 unspecified atom stereocenters. The molecule has 0 radical (unpaired) electrons. The predicted octanol–water partition coefficient (Wildman–Crippen LogP) is 0.402. The fourth-order valence-electron chi connectivity index (χ4n) is 2.64. The summed E-state index contributed by atoms with van der Waals surface area (Å²) in [4.78, 5) is 15.3. The Morgan fingerprint density at radius 2 is 2.05 bits per heavy atom. The first kappa shape index (κ1) is 13.5. The van der Waals surface area contributed by atoms with Crippen LogP contribution in [0.15, 0.2) is 11.0 Å². The van der Waals surface area contributed by atoms with Gasteiger partial charge in [-0.3, -0.25) is 4.57 Å². The van der Waals surface area contributed by atoms with Gasteiger partial charge in [0.1, 0.15) is 12.2 Å². The van der Waals surface area contributed by atoms with Crippen molar-refractivity contribution in [1.82, 2.24) is 9.55 Å². The first-order valence-corrected chi connectivity index (χ1v) is 6.34. The Morgan fingerprint density at radius 3 is 2.75 bits per heavy atom. The van der Waals surface area contributed by atoms with E-state index in [1.807, 2.05) is 6.92 Å². The zero-order chi connectivity index (χ0) is 14.7. The van der Waals surface area contributed by atoms with Crippen LogP contribution in [0.4, 0.5) is 10.2 Å². The Morgan fingerprint density at radius 1 is 1.40 bits per heavy atom. The van der Waals surface area contributed by atoms with E-state index in [2.05, 4.69) is 4.98 Å². The van der Waals surface area contributed by atoms with E-state index in [4.69, 9.17) is 19.9 Å². The zero-order valence-electron chi connectivity index (χ0n) is 11.4. The highest BCUT2D eigenvalue weighted by Crippen LogP contribution is 2.42. The van der Waals surface area contributed by atoms with Crippen LogP contribution in [0.1, 0.15) is 27.0 Å². The lowest BCUT2D eigenvalue weighted by molar-refractivity contribution is -0.195. The van der Waals surface area contributed by atoms with Gasteiger partial charge in [-0.25, -0.2) is 9.18 Å². The number of aromatic nitrogens is 2. The number of fused-ring (bicyclic) bond motifs is 1. The quantitative estimate of drug-likeness (QED) is 0.804. The molecule has 3 heterocycles. The molecule has 20 heavy (non-hydrogen) atoms. The molecule has 0 aromatic carbocycles. The van der Waals surface area contributed by atoms with Crippen LogP contribution in [-0.4, -0.2) is 33.7 Å². The first-order chi connectivity index (χ1) is 9.28. The van der Waals surface area contributed by atoms with Crippen LogP contribution < -0.4 is 11.4 Å². The fraction of sp³-hybridized carbons (Fsp3) is 0.667. The fourth-order valence-corrected chi connectivity index (χ4v) is 2.64. The lowest BCUT2D eigenvalue weighted by Crippen LogP contribution is -2.35. The third-order valence-corrected chi connectivity index (χ3v) is 3.47. The monoisotopic (exact) mass is 288 g/mol. The van der Waals surface area contributed by atoms with Crippen molar-refractivity contribution in [3.8, 4) is 0 Å². The molecule has 8 heteroatoms. The Labute approximate surface area is 114 Å². The van der Waals surface area contributed by atoms with E-state index in [9.17, 15) is 9.18 Å². The summed E-state index contributed by atoms with van der Waals surface area (Å²) in [5.41, 5.74) is 4.58. The number of anilines is 1. The van der Waals surface area contributed by atoms with Crippen molar-refractivity contribution in [1.29, 1.82) is 0 Å². The molecule has 110 valence electrons. The van der Waals surface area contributed by atoms with Crippen molar-refractivity contribution in [2.45, 2.75) is 51.1 Å². The molecule has 2 aliphatic heterocycles. The molecule has 0 saturated carbocycles. The second kappa shape index (κ2) is 4.24. The van der Waals surface area contributed by atoms with Crippen molar-refractivity contribution < 1.29 is 18.6 Å². The van der Waals surface area contributed by atoms with Crippen molar-refractivity contribution in [3.05, 3.63) is 22.5 Å². The van der Waals surface area contributed by atoms with Crippen LogP contribution in [0.25, 0.3) is 0 Å². The van der Waals surface area contributed by atoms with Gasteiger partial charge in [-0.15, -0.1) is 0 Å². The summed E-state index contributed by atoms with van der Waals surface area (Å²) < 4.78 is 31.7. The molecule has 1 aromatic heterocycles. The maximum atomic E-state index is 13.5. The van der Waals surface area contributed by atoms with Gasteiger partial charge in [-0.1, -0.05) is 0 Å². The molecule has 4 atom stereocenters. The molecule has 1 aromatic rings. The molecule has 2 aliphatic rings. The van der Waals surface area contributed by atoms with Crippen LogP contribution >= 0.6 is 0 Å². The standard InChI is InChI=1S/C12H16FN3O4/c1-5-7-8(20-12(2,3)19-7)10(18-5)16-4-6(13)9(14)15-11(16)17/h4-5,7-8,10H,1-3H3,(H2,14,15,17)/t5-,7-,8-,10-/m1/s1/i11+1,15+1,16+1. The summed E-state index contributed by atoms with van der Waals surface area (Å²) in [6, 6.07) is 0. The van der Waals surface area contributed by atoms with Crippen LogP contribution in [0.2, 0.25) is 0 Å². The van der Waals surface area contributed by atoms with Crippen molar-refractivity contribution in [2.75, 3.05) is 5.73 Å². The van der Waals surface area contributed by atoms with E-state index in [0.717, 1.165) is 10.8 Å². The van der Waals surface area contributed by atoms with Gasteiger partial charge in [-0.2, -0.15) is 4.98 Å². The SMILES string of the molecule is C[C@H]1O[C@@H]([15n]2cc(F)c(N)[15n][13c]2=O)[C@@H]2OC(C)(C)O[C@@H]21.